The van der Waals surface area contributed by atoms with E-state index in [9.17, 15) is 13.4 Å². The fraction of sp³-hybridized carbons (Fsp3) is 0.385. The number of ether oxygens (including phenoxy) is 1. The number of methoxy groups -OCH3 is 1. The highest BCUT2D eigenvalue weighted by molar-refractivity contribution is 7.84. The Bertz CT molecular complexity index is 539. The van der Waals surface area contributed by atoms with Gasteiger partial charge in [0.15, 0.2) is 0 Å². The second kappa shape index (κ2) is 7.00. The second-order valence-corrected chi connectivity index (χ2v) is 5.86. The summed E-state index contributed by atoms with van der Waals surface area (Å²) in [7, 11) is -0.151. The van der Waals surface area contributed by atoms with Crippen LogP contribution in [0.4, 0.5) is 4.39 Å². The van der Waals surface area contributed by atoms with Crippen LogP contribution in [0.5, 0.6) is 0 Å². The van der Waals surface area contributed by atoms with Crippen LogP contribution < -0.4 is 0 Å². The number of hydrogen-bond donors (Lipinski definition) is 0. The quantitative estimate of drug-likeness (QED) is 0.774. The summed E-state index contributed by atoms with van der Waals surface area (Å²) in [4.78, 5) is 11.1. The van der Waals surface area contributed by atoms with Crippen molar-refractivity contribution in [2.45, 2.75) is 24.3 Å². The molecule has 0 heterocycles. The number of nitriles is 1. The van der Waals surface area contributed by atoms with Crippen molar-refractivity contribution in [3.8, 4) is 6.07 Å². The number of esters is 1. The van der Waals surface area contributed by atoms with Gasteiger partial charge < -0.3 is 4.74 Å². The van der Waals surface area contributed by atoms with Gasteiger partial charge in [-0.2, -0.15) is 5.26 Å². The lowest BCUT2D eigenvalue weighted by molar-refractivity contribution is -0.140. The van der Waals surface area contributed by atoms with Crippen molar-refractivity contribution in [1.82, 2.24) is 0 Å². The lowest BCUT2D eigenvalue weighted by atomic mass is 10.1. The van der Waals surface area contributed by atoms with Crippen LogP contribution in [0.3, 0.4) is 0 Å². The van der Waals surface area contributed by atoms with Crippen molar-refractivity contribution in [2.75, 3.05) is 7.11 Å². The molecule has 0 aliphatic rings. The average Bonchev–Trinajstić information content (AvgIpc) is 2.40. The van der Waals surface area contributed by atoms with E-state index in [-0.39, 0.29) is 23.3 Å². The summed E-state index contributed by atoms with van der Waals surface area (Å²) in [5, 5.41) is 8.28. The molecule has 0 aliphatic heterocycles. The number of carbonyl (C=O) groups is 1. The molecule has 0 radical (unpaired) electrons. The molecule has 6 heteroatoms. The predicted molar refractivity (Wildman–Crippen MR) is 69.1 cm³/mol. The molecule has 0 aliphatic carbocycles. The maximum Gasteiger partial charge on any atom is 0.306 e. The van der Waals surface area contributed by atoms with Crippen LogP contribution in [0.1, 0.15) is 24.5 Å². The molecule has 0 amide bonds. The molecule has 2 atom stereocenters. The monoisotopic (exact) mass is 283 g/mol. The maximum atomic E-state index is 13.8. The largest absolute Gasteiger partial charge is 0.469 e. The van der Waals surface area contributed by atoms with Gasteiger partial charge in [-0.1, -0.05) is 19.1 Å². The van der Waals surface area contributed by atoms with Gasteiger partial charge in [0.25, 0.3) is 0 Å². The zero-order chi connectivity index (χ0) is 14.4. The van der Waals surface area contributed by atoms with E-state index in [0.717, 1.165) is 0 Å². The smallest absolute Gasteiger partial charge is 0.306 e. The van der Waals surface area contributed by atoms with Gasteiger partial charge in [-0.05, 0) is 6.07 Å². The Hall–Kier alpha value is -1.74. The van der Waals surface area contributed by atoms with E-state index in [2.05, 4.69) is 4.74 Å². The minimum Gasteiger partial charge on any atom is -0.469 e. The molecule has 0 saturated heterocycles. The molecule has 0 spiro atoms. The first kappa shape index (κ1) is 15.3. The minimum atomic E-state index is -1.41. The predicted octanol–water partition coefficient (Wildman–Crippen LogP) is 1.90. The van der Waals surface area contributed by atoms with E-state index in [1.54, 1.807) is 19.1 Å². The molecule has 0 aromatic heterocycles. The van der Waals surface area contributed by atoms with Crippen molar-refractivity contribution >= 4 is 16.8 Å². The van der Waals surface area contributed by atoms with E-state index >= 15 is 0 Å². The molecule has 0 fully saturated rings. The third-order valence-corrected chi connectivity index (χ3v) is 4.29. The lowest BCUT2D eigenvalue weighted by Crippen LogP contribution is -2.18. The third kappa shape index (κ3) is 4.14. The number of rotatable bonds is 5. The van der Waals surface area contributed by atoms with Gasteiger partial charge >= 0.3 is 5.97 Å². The summed E-state index contributed by atoms with van der Waals surface area (Å²) >= 11 is 0. The molecular formula is C13H14FNO3S. The van der Waals surface area contributed by atoms with E-state index in [1.165, 1.54) is 19.2 Å². The van der Waals surface area contributed by atoms with E-state index in [0.29, 0.717) is 0 Å². The number of nitrogens with zero attached hydrogens (tertiary/aromatic N) is 1. The third-order valence-electron chi connectivity index (χ3n) is 2.63. The zero-order valence-electron chi connectivity index (χ0n) is 10.7. The number of benzene rings is 1. The van der Waals surface area contributed by atoms with E-state index < -0.39 is 27.8 Å². The molecule has 0 saturated carbocycles. The van der Waals surface area contributed by atoms with Crippen molar-refractivity contribution in [2.24, 2.45) is 0 Å². The molecule has 0 bridgehead atoms. The Morgan fingerprint density at radius 2 is 2.26 bits per heavy atom. The van der Waals surface area contributed by atoms with E-state index in [1.807, 2.05) is 0 Å². The van der Waals surface area contributed by atoms with Crippen molar-refractivity contribution < 1.29 is 18.1 Å². The normalized spacial score (nSPS) is 13.4. The highest BCUT2D eigenvalue weighted by Gasteiger charge is 2.18. The molecule has 4 nitrogen and oxygen atoms in total. The van der Waals surface area contributed by atoms with E-state index in [4.69, 9.17) is 5.26 Å². The second-order valence-electron chi connectivity index (χ2n) is 4.01. The molecule has 1 aromatic carbocycles. The van der Waals surface area contributed by atoms with Gasteiger partial charge in [0.1, 0.15) is 11.9 Å². The highest BCUT2D eigenvalue weighted by atomic mass is 32.2. The van der Waals surface area contributed by atoms with Crippen LogP contribution in [0.2, 0.25) is 0 Å². The fourth-order valence-electron chi connectivity index (χ4n) is 1.48. The van der Waals surface area contributed by atoms with Crippen LogP contribution in [0, 0.1) is 17.1 Å². The van der Waals surface area contributed by atoms with Gasteiger partial charge in [0, 0.05) is 21.6 Å². The SMILES string of the molecule is COC(=O)CC(C)S(=O)Cc1cccc(C#N)c1F. The number of halogens is 1. The first-order valence-electron chi connectivity index (χ1n) is 5.61. The minimum absolute atomic E-state index is 0.0165. The van der Waals surface area contributed by atoms with Crippen molar-refractivity contribution in [3.05, 3.63) is 35.1 Å². The molecule has 0 N–H and O–H groups in total. The van der Waals surface area contributed by atoms with Crippen LogP contribution in [-0.2, 0) is 26.1 Å². The summed E-state index contributed by atoms with van der Waals surface area (Å²) in [6, 6.07) is 6.12. The maximum absolute atomic E-state index is 13.8. The van der Waals surface area contributed by atoms with Gasteiger partial charge in [0.2, 0.25) is 0 Å². The first-order chi connectivity index (χ1) is 8.99. The van der Waals surface area contributed by atoms with Gasteiger partial charge in [-0.15, -0.1) is 0 Å². The van der Waals surface area contributed by atoms with Gasteiger partial charge in [0.05, 0.1) is 24.8 Å². The Morgan fingerprint density at radius 1 is 1.58 bits per heavy atom. The highest BCUT2D eigenvalue weighted by Crippen LogP contribution is 2.16. The van der Waals surface area contributed by atoms with Crippen LogP contribution in [0.25, 0.3) is 0 Å². The number of hydrogen-bond acceptors (Lipinski definition) is 4. The molecular weight excluding hydrogens is 269 g/mol. The first-order valence-corrected chi connectivity index (χ1v) is 6.99. The van der Waals surface area contributed by atoms with Crippen LogP contribution in [0.15, 0.2) is 18.2 Å². The van der Waals surface area contributed by atoms with Crippen LogP contribution >= 0.6 is 0 Å². The lowest BCUT2D eigenvalue weighted by Gasteiger charge is -2.10. The van der Waals surface area contributed by atoms with Gasteiger partial charge in [-0.3, -0.25) is 9.00 Å². The van der Waals surface area contributed by atoms with Crippen molar-refractivity contribution in [3.63, 3.8) is 0 Å². The molecule has 1 aromatic rings. The Balaban J connectivity index is 2.78. The Kier molecular flexibility index (Phi) is 5.64. The summed E-state index contributed by atoms with van der Waals surface area (Å²) in [5.74, 6) is -1.13. The number of carbonyl (C=O) groups excluding carboxylic acids is 1. The zero-order valence-corrected chi connectivity index (χ0v) is 11.5. The molecule has 1 rings (SSSR count). The standard InChI is InChI=1S/C13H14FNO3S/c1-9(6-12(16)18-2)19(17)8-11-5-3-4-10(7-15)13(11)14/h3-5,9H,6,8H2,1-2H3. The topological polar surface area (TPSA) is 67.2 Å². The fourth-order valence-corrected chi connectivity index (χ4v) is 2.62. The average molecular weight is 283 g/mol. The molecule has 19 heavy (non-hydrogen) atoms. The van der Waals surface area contributed by atoms with Gasteiger partial charge in [-0.25, -0.2) is 4.39 Å². The summed E-state index contributed by atoms with van der Waals surface area (Å²) in [6.07, 6.45) is 0.0165. The Labute approximate surface area is 113 Å². The van der Waals surface area contributed by atoms with Crippen LogP contribution in [-0.4, -0.2) is 22.5 Å². The Morgan fingerprint density at radius 3 is 2.84 bits per heavy atom. The van der Waals surface area contributed by atoms with Crippen molar-refractivity contribution in [1.29, 1.82) is 5.26 Å². The summed E-state index contributed by atoms with van der Waals surface area (Å²) < 4.78 is 30.2. The molecule has 2 unspecified atom stereocenters. The summed E-state index contributed by atoms with van der Waals surface area (Å²) in [6.45, 7) is 1.64. The molecule has 102 valence electrons. The summed E-state index contributed by atoms with van der Waals surface area (Å²) in [5.41, 5.74) is 0.143.